The van der Waals surface area contributed by atoms with Crippen LogP contribution in [0.25, 0.3) is 0 Å². The van der Waals surface area contributed by atoms with Gasteiger partial charge in [0, 0.05) is 38.4 Å². The van der Waals surface area contributed by atoms with Crippen molar-refractivity contribution in [3.05, 3.63) is 52.4 Å². The van der Waals surface area contributed by atoms with E-state index in [2.05, 4.69) is 4.72 Å². The van der Waals surface area contributed by atoms with Gasteiger partial charge in [0.2, 0.25) is 5.91 Å². The number of carbonyl (C=O) groups excluding carboxylic acids is 1. The molecule has 1 N–H and O–H groups in total. The molecule has 0 saturated carbocycles. The third-order valence-corrected chi connectivity index (χ3v) is 7.47. The number of fused-ring (bicyclic) bond motifs is 4. The molecule has 0 radical (unpaired) electrons. The smallest absolute Gasteiger partial charge is 0.275 e. The summed E-state index contributed by atoms with van der Waals surface area (Å²) < 4.78 is 39.7. The molecule has 0 aliphatic carbocycles. The molecule has 1 saturated heterocycles. The molecule has 2 bridgehead atoms. The monoisotopic (exact) mass is 461 g/mol. The minimum Gasteiger partial charge on any atom is -0.497 e. The van der Waals surface area contributed by atoms with Crippen LogP contribution in [-0.2, 0) is 26.1 Å². The lowest BCUT2D eigenvalue weighted by Crippen LogP contribution is -2.49. The molecule has 1 fully saturated rings. The van der Waals surface area contributed by atoms with Crippen molar-refractivity contribution in [1.29, 1.82) is 0 Å². The maximum Gasteiger partial charge on any atom is 0.275 e. The van der Waals surface area contributed by atoms with Gasteiger partial charge in [-0.2, -0.15) is 0 Å². The first-order chi connectivity index (χ1) is 15.3. The Hall–Kier alpha value is -2.85. The van der Waals surface area contributed by atoms with Crippen molar-refractivity contribution in [3.63, 3.8) is 0 Å². The van der Waals surface area contributed by atoms with E-state index in [0.717, 1.165) is 12.1 Å². The van der Waals surface area contributed by atoms with Gasteiger partial charge in [0.15, 0.2) is 0 Å². The highest BCUT2D eigenvalue weighted by Crippen LogP contribution is 2.35. The first-order valence-electron chi connectivity index (χ1n) is 10.5. The van der Waals surface area contributed by atoms with E-state index in [0.29, 0.717) is 38.4 Å². The van der Waals surface area contributed by atoms with Crippen LogP contribution in [0.15, 0.2) is 46.1 Å². The number of anilines is 1. The summed E-state index contributed by atoms with van der Waals surface area (Å²) in [6.07, 6.45) is 1.25. The molecule has 1 aromatic carbocycles. The van der Waals surface area contributed by atoms with Crippen LogP contribution in [0.4, 0.5) is 5.69 Å². The van der Waals surface area contributed by atoms with E-state index in [4.69, 9.17) is 9.47 Å². The molecule has 172 valence electrons. The summed E-state index contributed by atoms with van der Waals surface area (Å²) >= 11 is 0. The van der Waals surface area contributed by atoms with Gasteiger partial charge >= 0.3 is 0 Å². The number of piperidine rings is 1. The highest BCUT2D eigenvalue weighted by Gasteiger charge is 2.36. The maximum absolute atomic E-state index is 13.1. The van der Waals surface area contributed by atoms with Crippen molar-refractivity contribution in [1.82, 2.24) is 9.47 Å². The number of carbonyl (C=O) groups is 1. The minimum atomic E-state index is -3.92. The molecule has 1 aromatic heterocycles. The average Bonchev–Trinajstić information content (AvgIpc) is 2.79. The Balaban J connectivity index is 1.56. The van der Waals surface area contributed by atoms with Crippen LogP contribution in [0.2, 0.25) is 0 Å². The lowest BCUT2D eigenvalue weighted by Gasteiger charge is -2.43. The zero-order valence-corrected chi connectivity index (χ0v) is 18.9. The molecule has 32 heavy (non-hydrogen) atoms. The van der Waals surface area contributed by atoms with Gasteiger partial charge in [-0.3, -0.25) is 14.3 Å². The third kappa shape index (κ3) is 4.37. The molecule has 3 heterocycles. The van der Waals surface area contributed by atoms with Crippen molar-refractivity contribution >= 4 is 21.6 Å². The number of nitrogens with zero attached hydrogens (tertiary/aromatic N) is 2. The van der Waals surface area contributed by atoms with E-state index in [1.54, 1.807) is 29.9 Å². The third-order valence-electron chi connectivity index (χ3n) is 6.09. The summed E-state index contributed by atoms with van der Waals surface area (Å²) in [4.78, 5) is 27.5. The van der Waals surface area contributed by atoms with Crippen LogP contribution in [0.1, 0.15) is 24.5 Å². The van der Waals surface area contributed by atoms with Crippen molar-refractivity contribution in [3.8, 4) is 5.75 Å². The van der Waals surface area contributed by atoms with Crippen molar-refractivity contribution in [2.24, 2.45) is 5.92 Å². The Bertz CT molecular complexity index is 1160. The van der Waals surface area contributed by atoms with Crippen LogP contribution >= 0.6 is 0 Å². The Morgan fingerprint density at radius 3 is 2.53 bits per heavy atom. The lowest BCUT2D eigenvalue weighted by molar-refractivity contribution is -0.134. The van der Waals surface area contributed by atoms with Crippen molar-refractivity contribution in [2.75, 3.05) is 38.6 Å². The Labute approximate surface area is 187 Å². The fourth-order valence-electron chi connectivity index (χ4n) is 4.53. The summed E-state index contributed by atoms with van der Waals surface area (Å²) in [5.41, 5.74) is 0.480. The molecule has 1 amide bonds. The normalized spacial score (nSPS) is 19.9. The van der Waals surface area contributed by atoms with Crippen LogP contribution in [-0.4, -0.2) is 57.7 Å². The van der Waals surface area contributed by atoms with E-state index in [-0.39, 0.29) is 33.9 Å². The summed E-state index contributed by atoms with van der Waals surface area (Å²) in [6.45, 7) is 1.98. The molecular formula is C22H27N3O6S. The SMILES string of the molecule is COCCC(=O)N1CC2CC(C1)c1ccc(NS(=O)(=O)c3ccc(OC)cc3)c(=O)n1C2. The second kappa shape index (κ2) is 8.95. The number of methoxy groups -OCH3 is 2. The molecule has 9 nitrogen and oxygen atoms in total. The molecule has 2 aliphatic rings. The van der Waals surface area contributed by atoms with Crippen LogP contribution in [0.5, 0.6) is 5.75 Å². The second-order valence-corrected chi connectivity index (χ2v) is 9.89. The Morgan fingerprint density at radius 1 is 1.09 bits per heavy atom. The van der Waals surface area contributed by atoms with Gasteiger partial charge < -0.3 is 18.9 Å². The Kier molecular flexibility index (Phi) is 6.25. The zero-order chi connectivity index (χ0) is 22.9. The highest BCUT2D eigenvalue weighted by atomic mass is 32.2. The van der Waals surface area contributed by atoms with Gasteiger partial charge in [-0.1, -0.05) is 0 Å². The van der Waals surface area contributed by atoms with Crippen LogP contribution < -0.4 is 15.0 Å². The Morgan fingerprint density at radius 2 is 1.84 bits per heavy atom. The number of likely N-dealkylation sites (tertiary alicyclic amines) is 1. The molecule has 2 unspecified atom stereocenters. The summed E-state index contributed by atoms with van der Waals surface area (Å²) in [5, 5.41) is 0. The van der Waals surface area contributed by atoms with E-state index in [1.165, 1.54) is 25.3 Å². The van der Waals surface area contributed by atoms with Crippen molar-refractivity contribution in [2.45, 2.75) is 30.2 Å². The first kappa shape index (κ1) is 22.3. The number of aromatic nitrogens is 1. The summed E-state index contributed by atoms with van der Waals surface area (Å²) in [6, 6.07) is 9.26. The van der Waals surface area contributed by atoms with Gasteiger partial charge in [0.05, 0.1) is 25.0 Å². The van der Waals surface area contributed by atoms with E-state index >= 15 is 0 Å². The number of hydrogen-bond acceptors (Lipinski definition) is 6. The predicted molar refractivity (Wildman–Crippen MR) is 118 cm³/mol. The van der Waals surface area contributed by atoms with Gasteiger partial charge in [-0.05, 0) is 48.7 Å². The quantitative estimate of drug-likeness (QED) is 0.672. The number of rotatable bonds is 7. The number of pyridine rings is 1. The van der Waals surface area contributed by atoms with Gasteiger partial charge in [0.1, 0.15) is 11.4 Å². The van der Waals surface area contributed by atoms with Gasteiger partial charge in [0.25, 0.3) is 15.6 Å². The predicted octanol–water partition coefficient (Wildman–Crippen LogP) is 1.64. The lowest BCUT2D eigenvalue weighted by atomic mass is 9.83. The average molecular weight is 462 g/mol. The minimum absolute atomic E-state index is 0.0116. The number of amides is 1. The molecule has 4 rings (SSSR count). The number of sulfonamides is 1. The fourth-order valence-corrected chi connectivity index (χ4v) is 5.59. The first-order valence-corrected chi connectivity index (χ1v) is 12.0. The summed E-state index contributed by atoms with van der Waals surface area (Å²) in [7, 11) is -0.848. The highest BCUT2D eigenvalue weighted by molar-refractivity contribution is 7.92. The van der Waals surface area contributed by atoms with E-state index < -0.39 is 10.0 Å². The second-order valence-electron chi connectivity index (χ2n) is 8.21. The molecule has 2 atom stereocenters. The molecule has 2 aromatic rings. The number of ether oxygens (including phenoxy) is 2. The number of hydrogen-bond donors (Lipinski definition) is 1. The zero-order valence-electron chi connectivity index (χ0n) is 18.1. The molecular weight excluding hydrogens is 434 g/mol. The molecule has 0 spiro atoms. The van der Waals surface area contributed by atoms with Gasteiger partial charge in [-0.25, -0.2) is 8.42 Å². The van der Waals surface area contributed by atoms with Crippen LogP contribution in [0.3, 0.4) is 0 Å². The van der Waals surface area contributed by atoms with Crippen molar-refractivity contribution < 1.29 is 22.7 Å². The van der Waals surface area contributed by atoms with E-state index in [9.17, 15) is 18.0 Å². The largest absolute Gasteiger partial charge is 0.497 e. The van der Waals surface area contributed by atoms with Crippen LogP contribution in [0, 0.1) is 5.92 Å². The standard InChI is InChI=1S/C22H27N3O6S/c1-30-10-9-21(26)24-12-15-11-16(14-24)20-8-7-19(22(27)25(20)13-15)23-32(28,29)18-5-3-17(31-2)4-6-18/h3-8,15-16,23H,9-14H2,1-2H3. The number of nitrogens with one attached hydrogen (secondary N) is 1. The summed E-state index contributed by atoms with van der Waals surface area (Å²) in [5.74, 6) is 0.799. The topological polar surface area (TPSA) is 107 Å². The van der Waals surface area contributed by atoms with Gasteiger partial charge in [-0.15, -0.1) is 0 Å². The molecule has 10 heteroatoms. The number of benzene rings is 1. The fraction of sp³-hybridized carbons (Fsp3) is 0.455. The van der Waals surface area contributed by atoms with E-state index in [1.807, 2.05) is 4.90 Å². The maximum atomic E-state index is 13.1. The molecule has 2 aliphatic heterocycles.